The van der Waals surface area contributed by atoms with Crippen LogP contribution in [0.15, 0.2) is 18.3 Å². The zero-order chi connectivity index (χ0) is 17.6. The van der Waals surface area contributed by atoms with Crippen molar-refractivity contribution in [2.75, 3.05) is 34.4 Å². The molecule has 24 heavy (non-hydrogen) atoms. The fourth-order valence-corrected chi connectivity index (χ4v) is 3.05. The number of carbonyl (C=O) groups is 2. The number of methoxy groups -OCH3 is 2. The van der Waals surface area contributed by atoms with Gasteiger partial charge in [-0.1, -0.05) is 0 Å². The minimum absolute atomic E-state index is 0.0197. The van der Waals surface area contributed by atoms with Gasteiger partial charge in [-0.05, 0) is 25.3 Å². The molecule has 2 rings (SSSR count). The first-order chi connectivity index (χ1) is 11.5. The quantitative estimate of drug-likeness (QED) is 0.846. The molecule has 1 saturated heterocycles. The maximum Gasteiger partial charge on any atom is 0.254 e. The molecule has 1 N–H and O–H groups in total. The first-order valence-electron chi connectivity index (χ1n) is 8.08. The van der Waals surface area contributed by atoms with E-state index in [0.29, 0.717) is 37.4 Å². The van der Waals surface area contributed by atoms with Crippen LogP contribution in [0.4, 0.5) is 0 Å². The van der Waals surface area contributed by atoms with E-state index in [-0.39, 0.29) is 11.8 Å². The fraction of sp³-hybridized carbons (Fsp3) is 0.588. The van der Waals surface area contributed by atoms with E-state index in [1.807, 2.05) is 0 Å². The van der Waals surface area contributed by atoms with E-state index in [1.165, 1.54) is 7.11 Å². The number of ether oxygens (including phenoxy) is 2. The van der Waals surface area contributed by atoms with Crippen molar-refractivity contribution >= 4 is 11.8 Å². The predicted octanol–water partition coefficient (Wildman–Crippen LogP) is 1.24. The van der Waals surface area contributed by atoms with Gasteiger partial charge in [-0.25, -0.2) is 4.98 Å². The molecule has 7 heteroatoms. The van der Waals surface area contributed by atoms with Crippen LogP contribution in [0, 0.1) is 0 Å². The van der Waals surface area contributed by atoms with Crippen LogP contribution in [-0.4, -0.2) is 61.7 Å². The van der Waals surface area contributed by atoms with Crippen molar-refractivity contribution in [2.45, 2.75) is 31.3 Å². The van der Waals surface area contributed by atoms with E-state index >= 15 is 0 Å². The van der Waals surface area contributed by atoms with E-state index in [9.17, 15) is 9.59 Å². The molecule has 1 aromatic rings. The fourth-order valence-electron chi connectivity index (χ4n) is 3.05. The molecule has 1 fully saturated rings. The normalized spacial score (nSPS) is 20.5. The molecule has 2 amide bonds. The highest BCUT2D eigenvalue weighted by Crippen LogP contribution is 2.30. The molecule has 1 aliphatic rings. The average molecular weight is 335 g/mol. The van der Waals surface area contributed by atoms with Crippen molar-refractivity contribution < 1.29 is 19.1 Å². The monoisotopic (exact) mass is 335 g/mol. The van der Waals surface area contributed by atoms with Gasteiger partial charge < -0.3 is 19.7 Å². The van der Waals surface area contributed by atoms with Crippen molar-refractivity contribution in [3.05, 3.63) is 23.9 Å². The van der Waals surface area contributed by atoms with Gasteiger partial charge >= 0.3 is 0 Å². The number of amides is 2. The third-order valence-electron chi connectivity index (χ3n) is 4.54. The van der Waals surface area contributed by atoms with Crippen molar-refractivity contribution in [1.29, 1.82) is 0 Å². The van der Waals surface area contributed by atoms with Gasteiger partial charge in [0.1, 0.15) is 0 Å². The number of nitrogens with one attached hydrogen (secondary N) is 1. The minimum Gasteiger partial charge on any atom is -0.481 e. The van der Waals surface area contributed by atoms with Crippen LogP contribution in [0.25, 0.3) is 0 Å². The first kappa shape index (κ1) is 18.2. The summed E-state index contributed by atoms with van der Waals surface area (Å²) in [4.78, 5) is 30.1. The second-order valence-electron chi connectivity index (χ2n) is 5.98. The summed E-state index contributed by atoms with van der Waals surface area (Å²) >= 11 is 0. The number of nitrogens with zero attached hydrogens (tertiary/aromatic N) is 2. The summed E-state index contributed by atoms with van der Waals surface area (Å²) in [6, 6.07) is 3.31. The number of pyridine rings is 1. The smallest absolute Gasteiger partial charge is 0.254 e. The molecule has 0 saturated carbocycles. The molecular formula is C17H25N3O4. The molecule has 0 aromatic carbocycles. The van der Waals surface area contributed by atoms with E-state index < -0.39 is 5.60 Å². The molecule has 132 valence electrons. The molecule has 0 spiro atoms. The highest BCUT2D eigenvalue weighted by atomic mass is 16.5. The van der Waals surface area contributed by atoms with Crippen LogP contribution in [0.1, 0.15) is 36.0 Å². The summed E-state index contributed by atoms with van der Waals surface area (Å²) in [5, 5.41) is 2.62. The number of aromatic nitrogens is 1. The molecule has 2 heterocycles. The largest absolute Gasteiger partial charge is 0.481 e. The molecular weight excluding hydrogens is 310 g/mol. The zero-order valence-electron chi connectivity index (χ0n) is 14.5. The highest BCUT2D eigenvalue weighted by Gasteiger charge is 2.37. The van der Waals surface area contributed by atoms with Gasteiger partial charge in [-0.15, -0.1) is 0 Å². The maximum absolute atomic E-state index is 12.8. The molecule has 0 radical (unpaired) electrons. The number of rotatable bonds is 6. The van der Waals surface area contributed by atoms with Gasteiger partial charge in [-0.2, -0.15) is 0 Å². The molecule has 0 aliphatic carbocycles. The Morgan fingerprint density at radius 2 is 2.21 bits per heavy atom. The van der Waals surface area contributed by atoms with E-state index in [2.05, 4.69) is 10.3 Å². The Balaban J connectivity index is 2.10. The highest BCUT2D eigenvalue weighted by molar-refractivity contribution is 5.94. The Morgan fingerprint density at radius 3 is 2.88 bits per heavy atom. The minimum atomic E-state index is -0.475. The second kappa shape index (κ2) is 8.10. The third kappa shape index (κ3) is 4.23. The van der Waals surface area contributed by atoms with Crippen molar-refractivity contribution in [3.63, 3.8) is 0 Å². The molecule has 1 aliphatic heterocycles. The van der Waals surface area contributed by atoms with Gasteiger partial charge in [-0.3, -0.25) is 9.59 Å². The number of carbonyl (C=O) groups excluding carboxylic acids is 2. The lowest BCUT2D eigenvalue weighted by molar-refractivity contribution is -0.123. The van der Waals surface area contributed by atoms with Crippen molar-refractivity contribution in [1.82, 2.24) is 15.2 Å². The number of likely N-dealkylation sites (tertiary alicyclic amines) is 1. The lowest BCUT2D eigenvalue weighted by Gasteiger charge is -2.42. The Bertz CT molecular complexity index is 593. The molecule has 0 unspecified atom stereocenters. The van der Waals surface area contributed by atoms with Gasteiger partial charge in [0.2, 0.25) is 11.8 Å². The summed E-state index contributed by atoms with van der Waals surface area (Å²) in [5.41, 5.74) is 0.0671. The Kier molecular flexibility index (Phi) is 6.14. The summed E-state index contributed by atoms with van der Waals surface area (Å²) in [6.45, 7) is 1.15. The Labute approximate surface area is 142 Å². The van der Waals surface area contributed by atoms with Crippen LogP contribution in [-0.2, 0) is 9.53 Å². The van der Waals surface area contributed by atoms with Crippen LogP contribution >= 0.6 is 0 Å². The van der Waals surface area contributed by atoms with Gasteiger partial charge in [0, 0.05) is 51.5 Å². The summed E-state index contributed by atoms with van der Waals surface area (Å²) in [5.74, 6) is 0.320. The SMILES string of the molecule is CNC(=O)CC[C@@]1(OC)CCCN(C(=O)c2ccnc(OC)c2)C1. The van der Waals surface area contributed by atoms with Crippen LogP contribution in [0.5, 0.6) is 5.88 Å². The number of piperidine rings is 1. The predicted molar refractivity (Wildman–Crippen MR) is 89.0 cm³/mol. The summed E-state index contributed by atoms with van der Waals surface area (Å²) in [6.07, 6.45) is 4.22. The number of hydrogen-bond donors (Lipinski definition) is 1. The maximum atomic E-state index is 12.8. The topological polar surface area (TPSA) is 80.8 Å². The second-order valence-corrected chi connectivity index (χ2v) is 5.98. The molecule has 1 aromatic heterocycles. The van der Waals surface area contributed by atoms with Crippen molar-refractivity contribution in [3.8, 4) is 5.88 Å². The van der Waals surface area contributed by atoms with E-state index in [0.717, 1.165) is 12.8 Å². The Morgan fingerprint density at radius 1 is 1.42 bits per heavy atom. The third-order valence-corrected chi connectivity index (χ3v) is 4.54. The van der Waals surface area contributed by atoms with E-state index in [4.69, 9.17) is 9.47 Å². The molecule has 7 nitrogen and oxygen atoms in total. The lowest BCUT2D eigenvalue weighted by atomic mass is 9.87. The molecule has 1 atom stereocenters. The van der Waals surface area contributed by atoms with Gasteiger partial charge in [0.15, 0.2) is 0 Å². The van der Waals surface area contributed by atoms with Gasteiger partial charge in [0.25, 0.3) is 5.91 Å². The van der Waals surface area contributed by atoms with Crippen molar-refractivity contribution in [2.24, 2.45) is 0 Å². The Hall–Kier alpha value is -2.15. The zero-order valence-corrected chi connectivity index (χ0v) is 14.5. The van der Waals surface area contributed by atoms with Gasteiger partial charge in [0.05, 0.1) is 12.7 Å². The van der Waals surface area contributed by atoms with Crippen LogP contribution < -0.4 is 10.1 Å². The summed E-state index contributed by atoms with van der Waals surface area (Å²) in [7, 11) is 4.79. The van der Waals surface area contributed by atoms with E-state index in [1.54, 1.807) is 37.4 Å². The molecule has 0 bridgehead atoms. The standard InChI is InChI=1S/C17H25N3O4/c1-18-14(21)5-8-17(24-3)7-4-10-20(12-17)16(22)13-6-9-19-15(11-13)23-2/h6,9,11H,4-5,7-8,10,12H2,1-3H3,(H,18,21)/t17-/m0/s1. The average Bonchev–Trinajstić information content (AvgIpc) is 2.65. The first-order valence-corrected chi connectivity index (χ1v) is 8.08. The van der Waals surface area contributed by atoms with Crippen LogP contribution in [0.3, 0.4) is 0 Å². The number of hydrogen-bond acceptors (Lipinski definition) is 5. The summed E-state index contributed by atoms with van der Waals surface area (Å²) < 4.78 is 10.8. The lowest BCUT2D eigenvalue weighted by Crippen LogP contribution is -2.51. The van der Waals surface area contributed by atoms with Crippen LogP contribution in [0.2, 0.25) is 0 Å².